The minimum atomic E-state index is -0.780. The van der Waals surface area contributed by atoms with E-state index in [1.807, 2.05) is 0 Å². The summed E-state index contributed by atoms with van der Waals surface area (Å²) in [7, 11) is 1.55. The summed E-state index contributed by atoms with van der Waals surface area (Å²) in [5.74, 6) is -2.02. The van der Waals surface area contributed by atoms with E-state index in [0.29, 0.717) is 25.5 Å². The number of hydrogen-bond donors (Lipinski definition) is 1. The Morgan fingerprint density at radius 2 is 1.94 bits per heavy atom. The Balaban J connectivity index is 2.68. The first-order valence-electron chi connectivity index (χ1n) is 5.29. The van der Waals surface area contributed by atoms with Crippen LogP contribution in [0.2, 0.25) is 0 Å². The number of nitrogens with two attached hydrogens (primary N) is 1. The lowest BCUT2D eigenvalue weighted by molar-refractivity contribution is 0.0949. The molecule has 3 nitrogen and oxygen atoms in total. The van der Waals surface area contributed by atoms with Crippen molar-refractivity contribution in [3.05, 3.63) is 35.4 Å². The van der Waals surface area contributed by atoms with Gasteiger partial charge in [0.25, 0.3) is 0 Å². The van der Waals surface area contributed by atoms with Crippen molar-refractivity contribution in [2.24, 2.45) is 5.73 Å². The second kappa shape index (κ2) is 6.42. The van der Waals surface area contributed by atoms with E-state index in [0.717, 1.165) is 12.1 Å². The maximum atomic E-state index is 12.9. The van der Waals surface area contributed by atoms with Crippen LogP contribution in [0.3, 0.4) is 0 Å². The van der Waals surface area contributed by atoms with Crippen LogP contribution in [0.4, 0.5) is 8.78 Å². The van der Waals surface area contributed by atoms with Gasteiger partial charge in [-0.3, -0.25) is 4.79 Å². The SMILES string of the molecule is COCCCC(N)C(=O)c1cc(F)cc(F)c1. The highest BCUT2D eigenvalue weighted by Gasteiger charge is 2.16. The van der Waals surface area contributed by atoms with Crippen LogP contribution in [-0.2, 0) is 4.74 Å². The lowest BCUT2D eigenvalue weighted by Gasteiger charge is -2.10. The molecular formula is C12H15F2NO2. The zero-order valence-electron chi connectivity index (χ0n) is 9.58. The molecule has 0 aliphatic carbocycles. The third-order valence-electron chi connectivity index (χ3n) is 2.35. The molecule has 94 valence electrons. The number of Topliss-reactive ketones (excluding diaryl/α,β-unsaturated/α-hetero) is 1. The van der Waals surface area contributed by atoms with Gasteiger partial charge in [-0.2, -0.15) is 0 Å². The Labute approximate surface area is 98.6 Å². The molecular weight excluding hydrogens is 228 g/mol. The van der Waals surface area contributed by atoms with Crippen molar-refractivity contribution < 1.29 is 18.3 Å². The summed E-state index contributed by atoms with van der Waals surface area (Å²) in [6, 6.07) is 1.93. The highest BCUT2D eigenvalue weighted by molar-refractivity contribution is 5.99. The molecule has 0 amide bonds. The molecule has 1 aromatic rings. The van der Waals surface area contributed by atoms with E-state index in [-0.39, 0.29) is 5.56 Å². The summed E-state index contributed by atoms with van der Waals surface area (Å²) in [5.41, 5.74) is 5.61. The van der Waals surface area contributed by atoms with Gasteiger partial charge in [0.05, 0.1) is 6.04 Å². The fourth-order valence-electron chi connectivity index (χ4n) is 1.49. The van der Waals surface area contributed by atoms with E-state index in [1.54, 1.807) is 7.11 Å². The lowest BCUT2D eigenvalue weighted by atomic mass is 10.0. The van der Waals surface area contributed by atoms with Crippen molar-refractivity contribution in [1.82, 2.24) is 0 Å². The monoisotopic (exact) mass is 243 g/mol. The fourth-order valence-corrected chi connectivity index (χ4v) is 1.49. The van der Waals surface area contributed by atoms with E-state index in [4.69, 9.17) is 10.5 Å². The zero-order chi connectivity index (χ0) is 12.8. The van der Waals surface area contributed by atoms with Crippen LogP contribution in [0.25, 0.3) is 0 Å². The molecule has 0 spiro atoms. The van der Waals surface area contributed by atoms with E-state index < -0.39 is 23.5 Å². The highest BCUT2D eigenvalue weighted by atomic mass is 19.1. The van der Waals surface area contributed by atoms with Crippen LogP contribution in [0.1, 0.15) is 23.2 Å². The van der Waals surface area contributed by atoms with Gasteiger partial charge >= 0.3 is 0 Å². The Kier molecular flexibility index (Phi) is 5.18. The number of carbonyl (C=O) groups excluding carboxylic acids is 1. The molecule has 0 aromatic heterocycles. The van der Waals surface area contributed by atoms with Gasteiger partial charge in [0.1, 0.15) is 11.6 Å². The first-order valence-corrected chi connectivity index (χ1v) is 5.29. The molecule has 0 saturated carbocycles. The number of ketones is 1. The largest absolute Gasteiger partial charge is 0.385 e. The Hall–Kier alpha value is -1.33. The number of ether oxygens (including phenoxy) is 1. The normalized spacial score (nSPS) is 12.5. The first kappa shape index (κ1) is 13.7. The third-order valence-corrected chi connectivity index (χ3v) is 2.35. The van der Waals surface area contributed by atoms with Gasteiger partial charge < -0.3 is 10.5 Å². The molecule has 1 rings (SSSR count). The van der Waals surface area contributed by atoms with Crippen LogP contribution in [-0.4, -0.2) is 25.5 Å². The third kappa shape index (κ3) is 4.20. The predicted octanol–water partition coefficient (Wildman–Crippen LogP) is 1.90. The number of carbonyl (C=O) groups is 1. The van der Waals surface area contributed by atoms with Gasteiger partial charge in [-0.15, -0.1) is 0 Å². The molecule has 0 radical (unpaired) electrons. The molecule has 1 atom stereocenters. The summed E-state index contributed by atoms with van der Waals surface area (Å²) >= 11 is 0. The van der Waals surface area contributed by atoms with Gasteiger partial charge in [0.2, 0.25) is 0 Å². The van der Waals surface area contributed by atoms with E-state index in [9.17, 15) is 13.6 Å². The topological polar surface area (TPSA) is 52.3 Å². The Morgan fingerprint density at radius 3 is 2.47 bits per heavy atom. The molecule has 0 heterocycles. The molecule has 0 bridgehead atoms. The van der Waals surface area contributed by atoms with Crippen LogP contribution in [0.5, 0.6) is 0 Å². The smallest absolute Gasteiger partial charge is 0.179 e. The lowest BCUT2D eigenvalue weighted by Crippen LogP contribution is -2.30. The molecule has 17 heavy (non-hydrogen) atoms. The van der Waals surface area contributed by atoms with E-state index >= 15 is 0 Å². The molecule has 0 fully saturated rings. The van der Waals surface area contributed by atoms with Gasteiger partial charge in [-0.25, -0.2) is 8.78 Å². The van der Waals surface area contributed by atoms with Crippen molar-refractivity contribution in [2.75, 3.05) is 13.7 Å². The molecule has 0 saturated heterocycles. The predicted molar refractivity (Wildman–Crippen MR) is 59.8 cm³/mol. The van der Waals surface area contributed by atoms with Gasteiger partial charge in [0, 0.05) is 25.3 Å². The first-order chi connectivity index (χ1) is 8.04. The second-order valence-electron chi connectivity index (χ2n) is 3.76. The highest BCUT2D eigenvalue weighted by Crippen LogP contribution is 2.11. The van der Waals surface area contributed by atoms with Crippen molar-refractivity contribution in [1.29, 1.82) is 0 Å². The molecule has 1 unspecified atom stereocenters. The second-order valence-corrected chi connectivity index (χ2v) is 3.76. The number of hydrogen-bond acceptors (Lipinski definition) is 3. The van der Waals surface area contributed by atoms with Gasteiger partial charge in [-0.05, 0) is 25.0 Å². The van der Waals surface area contributed by atoms with Gasteiger partial charge in [0.15, 0.2) is 5.78 Å². The molecule has 5 heteroatoms. The summed E-state index contributed by atoms with van der Waals surface area (Å²) in [6.45, 7) is 0.499. The van der Waals surface area contributed by atoms with Crippen LogP contribution in [0.15, 0.2) is 18.2 Å². The maximum absolute atomic E-state index is 12.9. The fraction of sp³-hybridized carbons (Fsp3) is 0.417. The van der Waals surface area contributed by atoms with Crippen LogP contribution >= 0.6 is 0 Å². The quantitative estimate of drug-likeness (QED) is 0.613. The number of benzene rings is 1. The van der Waals surface area contributed by atoms with Crippen molar-refractivity contribution in [3.63, 3.8) is 0 Å². The number of methoxy groups -OCH3 is 1. The summed E-state index contributed by atoms with van der Waals surface area (Å²) < 4.78 is 30.6. The maximum Gasteiger partial charge on any atom is 0.179 e. The van der Waals surface area contributed by atoms with Crippen LogP contribution in [0, 0.1) is 11.6 Å². The number of rotatable bonds is 6. The summed E-state index contributed by atoms with van der Waals surface area (Å²) in [6.07, 6.45) is 1.05. The molecule has 0 aliphatic heterocycles. The molecule has 1 aromatic carbocycles. The molecule has 2 N–H and O–H groups in total. The van der Waals surface area contributed by atoms with Crippen molar-refractivity contribution >= 4 is 5.78 Å². The van der Waals surface area contributed by atoms with Crippen molar-refractivity contribution in [3.8, 4) is 0 Å². The van der Waals surface area contributed by atoms with Gasteiger partial charge in [-0.1, -0.05) is 0 Å². The van der Waals surface area contributed by atoms with E-state index in [1.165, 1.54) is 0 Å². The van der Waals surface area contributed by atoms with Crippen molar-refractivity contribution in [2.45, 2.75) is 18.9 Å². The van der Waals surface area contributed by atoms with E-state index in [2.05, 4.69) is 0 Å². The Morgan fingerprint density at radius 1 is 1.35 bits per heavy atom. The number of halogens is 2. The minimum absolute atomic E-state index is 0.0348. The average Bonchev–Trinajstić information content (AvgIpc) is 2.27. The average molecular weight is 243 g/mol. The summed E-state index contributed by atoms with van der Waals surface area (Å²) in [4.78, 5) is 11.7. The van der Waals surface area contributed by atoms with Crippen LogP contribution < -0.4 is 5.73 Å². The standard InChI is InChI=1S/C12H15F2NO2/c1-17-4-2-3-11(15)12(16)8-5-9(13)7-10(14)6-8/h5-7,11H,2-4,15H2,1H3. The zero-order valence-corrected chi connectivity index (χ0v) is 9.58. The Bertz CT molecular complexity index is 376. The minimum Gasteiger partial charge on any atom is -0.385 e. The summed E-state index contributed by atoms with van der Waals surface area (Å²) in [5, 5.41) is 0. The molecule has 0 aliphatic rings.